The van der Waals surface area contributed by atoms with Gasteiger partial charge in [0.1, 0.15) is 5.60 Å². The number of nitrogens with zero attached hydrogens (tertiary/aromatic N) is 2. The average molecular weight is 405 g/mol. The molecule has 0 saturated heterocycles. The lowest BCUT2D eigenvalue weighted by Crippen LogP contribution is -2.52. The monoisotopic (exact) mass is 404 g/mol. The van der Waals surface area contributed by atoms with Crippen molar-refractivity contribution in [3.8, 4) is 0 Å². The van der Waals surface area contributed by atoms with Gasteiger partial charge < -0.3 is 15.3 Å². The summed E-state index contributed by atoms with van der Waals surface area (Å²) in [4.78, 5) is 22.9. The fraction of sp³-hybridized carbons (Fsp3) is 0.316. The van der Waals surface area contributed by atoms with E-state index in [-0.39, 0.29) is 12.1 Å². The zero-order chi connectivity index (χ0) is 20.5. The zero-order valence-corrected chi connectivity index (χ0v) is 16.4. The van der Waals surface area contributed by atoms with Crippen LogP contribution in [0.5, 0.6) is 0 Å². The molecule has 0 saturated carbocycles. The molecule has 9 heteroatoms. The predicted octanol–water partition coefficient (Wildman–Crippen LogP) is 2.97. The Labute approximate surface area is 166 Å². The van der Waals surface area contributed by atoms with E-state index in [1.54, 1.807) is 32.2 Å². The van der Waals surface area contributed by atoms with Crippen molar-refractivity contribution in [3.05, 3.63) is 69.1 Å². The predicted molar refractivity (Wildman–Crippen MR) is 105 cm³/mol. The Morgan fingerprint density at radius 1 is 1.36 bits per heavy atom. The van der Waals surface area contributed by atoms with Crippen LogP contribution in [0.3, 0.4) is 0 Å². The van der Waals surface area contributed by atoms with Gasteiger partial charge in [0.15, 0.2) is 0 Å². The number of halogens is 1. The smallest absolute Gasteiger partial charge is 0.450 e. The Balaban J connectivity index is 2.02. The number of nitrogens with one attached hydrogen (secondary N) is 2. The maximum absolute atomic E-state index is 11.8. The summed E-state index contributed by atoms with van der Waals surface area (Å²) in [5.74, 6) is 0. The molecule has 1 aliphatic heterocycles. The molecule has 2 aromatic rings. The van der Waals surface area contributed by atoms with Crippen LogP contribution in [0.25, 0.3) is 5.70 Å². The molecule has 0 radical (unpaired) electrons. The number of rotatable bonds is 5. The number of benzene rings is 1. The van der Waals surface area contributed by atoms with Gasteiger partial charge in [0.25, 0.3) is 5.56 Å². The van der Waals surface area contributed by atoms with Crippen LogP contribution >= 0.6 is 11.6 Å². The maximum atomic E-state index is 11.8. The quantitative estimate of drug-likeness (QED) is 0.657. The number of ether oxygens (including phenoxy) is 1. The highest BCUT2D eigenvalue weighted by atomic mass is 35.5. The van der Waals surface area contributed by atoms with Crippen molar-refractivity contribution in [2.75, 3.05) is 6.54 Å². The van der Waals surface area contributed by atoms with Gasteiger partial charge >= 0.3 is 6.16 Å². The lowest BCUT2D eigenvalue weighted by atomic mass is 9.91. The standard InChI is InChI=1S/C19H21ClN4O4/c1-18(2,28-17(26)27)11-24-19(3,13-8-16(25)22-21-10-13)9-15(23-24)12-4-6-14(20)7-5-12/h4-10,23H,11H2,1-3H3,(H,22,25)(H,26,27). The van der Waals surface area contributed by atoms with Gasteiger partial charge in [-0.2, -0.15) is 5.10 Å². The molecule has 0 spiro atoms. The summed E-state index contributed by atoms with van der Waals surface area (Å²) in [6.45, 7) is 5.49. The maximum Gasteiger partial charge on any atom is 0.506 e. The first-order valence-electron chi connectivity index (χ1n) is 8.59. The van der Waals surface area contributed by atoms with E-state index in [1.807, 2.05) is 30.1 Å². The molecule has 0 bridgehead atoms. The molecular formula is C19H21ClN4O4. The molecule has 8 nitrogen and oxygen atoms in total. The Morgan fingerprint density at radius 2 is 2.04 bits per heavy atom. The van der Waals surface area contributed by atoms with Crippen LogP contribution in [-0.4, -0.2) is 38.6 Å². The lowest BCUT2D eigenvalue weighted by Gasteiger charge is -2.38. The molecule has 1 aromatic heterocycles. The summed E-state index contributed by atoms with van der Waals surface area (Å²) in [5.41, 5.74) is 3.55. The van der Waals surface area contributed by atoms with Gasteiger partial charge in [-0.1, -0.05) is 23.7 Å². The highest BCUT2D eigenvalue weighted by Crippen LogP contribution is 2.37. The third kappa shape index (κ3) is 4.18. The fourth-order valence-corrected chi connectivity index (χ4v) is 3.30. The van der Waals surface area contributed by atoms with E-state index in [0.717, 1.165) is 11.3 Å². The number of H-pyrrole nitrogens is 1. The molecule has 1 aliphatic rings. The zero-order valence-electron chi connectivity index (χ0n) is 15.7. The van der Waals surface area contributed by atoms with E-state index < -0.39 is 17.3 Å². The molecule has 3 rings (SSSR count). The van der Waals surface area contributed by atoms with Gasteiger partial charge in [-0.15, -0.1) is 0 Å². The van der Waals surface area contributed by atoms with Crippen molar-refractivity contribution >= 4 is 23.5 Å². The second-order valence-electron chi connectivity index (χ2n) is 7.37. The van der Waals surface area contributed by atoms with Crippen LogP contribution in [0.2, 0.25) is 5.02 Å². The minimum absolute atomic E-state index is 0.218. The summed E-state index contributed by atoms with van der Waals surface area (Å²) in [7, 11) is 0. The van der Waals surface area contributed by atoms with Crippen LogP contribution in [0.15, 0.2) is 47.4 Å². The van der Waals surface area contributed by atoms with E-state index in [4.69, 9.17) is 21.4 Å². The Hall–Kier alpha value is -2.84. The van der Waals surface area contributed by atoms with Gasteiger partial charge in [0.05, 0.1) is 24.0 Å². The molecular weight excluding hydrogens is 384 g/mol. The van der Waals surface area contributed by atoms with Crippen LogP contribution in [-0.2, 0) is 10.3 Å². The van der Waals surface area contributed by atoms with Crippen molar-refractivity contribution in [2.45, 2.75) is 31.9 Å². The van der Waals surface area contributed by atoms with Gasteiger partial charge in [-0.25, -0.2) is 14.9 Å². The lowest BCUT2D eigenvalue weighted by molar-refractivity contribution is -0.0379. The van der Waals surface area contributed by atoms with Gasteiger partial charge in [-0.3, -0.25) is 4.79 Å². The summed E-state index contributed by atoms with van der Waals surface area (Å²) in [6, 6.07) is 8.78. The van der Waals surface area contributed by atoms with Gasteiger partial charge in [0.2, 0.25) is 0 Å². The molecule has 2 heterocycles. The minimum Gasteiger partial charge on any atom is -0.450 e. The highest BCUT2D eigenvalue weighted by molar-refractivity contribution is 6.30. The average Bonchev–Trinajstić information content (AvgIpc) is 2.91. The largest absolute Gasteiger partial charge is 0.506 e. The normalized spacial score (nSPS) is 19.8. The number of hydrogen-bond acceptors (Lipinski definition) is 6. The molecule has 0 fully saturated rings. The molecule has 28 heavy (non-hydrogen) atoms. The van der Waals surface area contributed by atoms with Gasteiger partial charge in [-0.05, 0) is 44.5 Å². The number of aromatic amines is 1. The van der Waals surface area contributed by atoms with Crippen molar-refractivity contribution in [3.63, 3.8) is 0 Å². The topological polar surface area (TPSA) is 108 Å². The Kier molecular flexibility index (Phi) is 5.18. The van der Waals surface area contributed by atoms with E-state index >= 15 is 0 Å². The number of hydrogen-bond donors (Lipinski definition) is 3. The molecule has 1 atom stereocenters. The molecule has 1 unspecified atom stereocenters. The Morgan fingerprint density at radius 3 is 2.64 bits per heavy atom. The summed E-state index contributed by atoms with van der Waals surface area (Å²) < 4.78 is 5.02. The molecule has 1 aromatic carbocycles. The third-order valence-corrected chi connectivity index (χ3v) is 4.80. The molecule has 0 aliphatic carbocycles. The van der Waals surface area contributed by atoms with Gasteiger partial charge in [0, 0.05) is 16.7 Å². The number of carboxylic acid groups (broad SMARTS) is 1. The summed E-state index contributed by atoms with van der Waals surface area (Å²) >= 11 is 5.98. The molecule has 3 N–H and O–H groups in total. The SMILES string of the molecule is CC(C)(CN1NC(c2ccc(Cl)cc2)=CC1(C)c1cn[nH]c(=O)c1)OC(=O)O. The first-order chi connectivity index (χ1) is 13.1. The number of carbonyl (C=O) groups is 1. The van der Waals surface area contributed by atoms with E-state index in [0.29, 0.717) is 10.6 Å². The Bertz CT molecular complexity index is 970. The minimum atomic E-state index is -1.35. The number of aromatic nitrogens is 2. The van der Waals surface area contributed by atoms with E-state index in [9.17, 15) is 9.59 Å². The van der Waals surface area contributed by atoms with Crippen molar-refractivity contribution in [1.29, 1.82) is 0 Å². The first kappa shape index (κ1) is 19.9. The van der Waals surface area contributed by atoms with E-state index in [2.05, 4.69) is 15.6 Å². The van der Waals surface area contributed by atoms with Crippen molar-refractivity contribution in [2.24, 2.45) is 0 Å². The molecule has 0 amide bonds. The van der Waals surface area contributed by atoms with Crippen LogP contribution in [0, 0.1) is 0 Å². The summed E-state index contributed by atoms with van der Waals surface area (Å²) in [6.07, 6.45) is 2.18. The van der Waals surface area contributed by atoms with Crippen LogP contribution in [0.4, 0.5) is 4.79 Å². The van der Waals surface area contributed by atoms with Crippen molar-refractivity contribution < 1.29 is 14.6 Å². The first-order valence-corrected chi connectivity index (χ1v) is 8.97. The summed E-state index contributed by atoms with van der Waals surface area (Å²) in [5, 5.41) is 17.7. The number of hydrazine groups is 1. The van der Waals surface area contributed by atoms with Crippen LogP contribution < -0.4 is 11.0 Å². The van der Waals surface area contributed by atoms with E-state index in [1.165, 1.54) is 6.07 Å². The highest BCUT2D eigenvalue weighted by Gasteiger charge is 2.42. The van der Waals surface area contributed by atoms with Crippen LogP contribution in [0.1, 0.15) is 31.9 Å². The molecule has 148 valence electrons. The third-order valence-electron chi connectivity index (χ3n) is 4.55. The fourth-order valence-electron chi connectivity index (χ4n) is 3.18. The second kappa shape index (κ2) is 7.29. The second-order valence-corrected chi connectivity index (χ2v) is 7.81. The van der Waals surface area contributed by atoms with Crippen molar-refractivity contribution in [1.82, 2.24) is 20.6 Å².